The maximum atomic E-state index is 8.59. The van der Waals surface area contributed by atoms with E-state index in [0.717, 1.165) is 12.2 Å². The summed E-state index contributed by atoms with van der Waals surface area (Å²) in [5.41, 5.74) is 0.635. The monoisotopic (exact) mass is 209 g/mol. The molecule has 0 fully saturated rings. The van der Waals surface area contributed by atoms with Gasteiger partial charge in [-0.25, -0.2) is 0 Å². The van der Waals surface area contributed by atoms with Crippen molar-refractivity contribution in [2.24, 2.45) is 0 Å². The summed E-state index contributed by atoms with van der Waals surface area (Å²) in [7, 11) is 0. The molecule has 1 aromatic carbocycles. The third kappa shape index (κ3) is 2.93. The largest absolute Gasteiger partial charge is 0.489 e. The zero-order valence-electron chi connectivity index (χ0n) is 8.03. The van der Waals surface area contributed by atoms with E-state index in [2.05, 4.69) is 6.07 Å². The highest BCUT2D eigenvalue weighted by atomic mass is 35.5. The van der Waals surface area contributed by atoms with Crippen molar-refractivity contribution >= 4 is 11.6 Å². The minimum Gasteiger partial charge on any atom is -0.489 e. The second kappa shape index (κ2) is 5.51. The normalized spacial score (nSPS) is 11.8. The first kappa shape index (κ1) is 10.9. The van der Waals surface area contributed by atoms with Crippen LogP contribution in [0.2, 0.25) is 0 Å². The van der Waals surface area contributed by atoms with Crippen LogP contribution in [0.3, 0.4) is 0 Å². The first-order chi connectivity index (χ1) is 6.80. The average Bonchev–Trinajstić information content (AvgIpc) is 2.26. The van der Waals surface area contributed by atoms with Crippen LogP contribution in [0.25, 0.3) is 0 Å². The fraction of sp³-hybridized carbons (Fsp3) is 0.364. The summed E-state index contributed by atoms with van der Waals surface area (Å²) in [6.07, 6.45) is 0.924. The molecule has 0 saturated carbocycles. The van der Waals surface area contributed by atoms with Gasteiger partial charge >= 0.3 is 0 Å². The molecule has 0 saturated heterocycles. The summed E-state index contributed by atoms with van der Waals surface area (Å²) in [5, 5.41) is 8.59. The molecular weight excluding hydrogens is 198 g/mol. The molecule has 0 aromatic heterocycles. The van der Waals surface area contributed by atoms with Gasteiger partial charge in [-0.3, -0.25) is 0 Å². The SMILES string of the molecule is CCC(CCl)Oc1ccc(C#N)cc1. The predicted octanol–water partition coefficient (Wildman–Crippen LogP) is 2.95. The van der Waals surface area contributed by atoms with E-state index in [1.807, 2.05) is 6.92 Å². The second-order valence-electron chi connectivity index (χ2n) is 2.94. The number of nitrogens with zero attached hydrogens (tertiary/aromatic N) is 1. The molecule has 2 nitrogen and oxygen atoms in total. The van der Waals surface area contributed by atoms with Crippen molar-refractivity contribution in [3.8, 4) is 11.8 Å². The fourth-order valence-electron chi connectivity index (χ4n) is 1.02. The van der Waals surface area contributed by atoms with Crippen molar-refractivity contribution in [3.63, 3.8) is 0 Å². The summed E-state index contributed by atoms with van der Waals surface area (Å²) < 4.78 is 5.57. The summed E-state index contributed by atoms with van der Waals surface area (Å²) in [6, 6.07) is 9.09. The lowest BCUT2D eigenvalue weighted by Gasteiger charge is -2.14. The first-order valence-electron chi connectivity index (χ1n) is 4.53. The number of hydrogen-bond acceptors (Lipinski definition) is 2. The Morgan fingerprint density at radius 1 is 1.43 bits per heavy atom. The Morgan fingerprint density at radius 3 is 2.50 bits per heavy atom. The van der Waals surface area contributed by atoms with Crippen LogP contribution in [0.1, 0.15) is 18.9 Å². The van der Waals surface area contributed by atoms with Crippen LogP contribution in [0.15, 0.2) is 24.3 Å². The summed E-state index contributed by atoms with van der Waals surface area (Å²) in [6.45, 7) is 2.02. The fourth-order valence-corrected chi connectivity index (χ4v) is 1.31. The molecule has 1 unspecified atom stereocenters. The van der Waals surface area contributed by atoms with Gasteiger partial charge in [0.2, 0.25) is 0 Å². The highest BCUT2D eigenvalue weighted by molar-refractivity contribution is 6.18. The van der Waals surface area contributed by atoms with E-state index >= 15 is 0 Å². The van der Waals surface area contributed by atoms with Crippen LogP contribution in [0.5, 0.6) is 5.75 Å². The molecule has 0 aliphatic heterocycles. The topological polar surface area (TPSA) is 33.0 Å². The molecule has 0 aliphatic carbocycles. The Hall–Kier alpha value is -1.20. The number of hydrogen-bond donors (Lipinski definition) is 0. The van der Waals surface area contributed by atoms with Gasteiger partial charge in [0.25, 0.3) is 0 Å². The molecule has 0 aliphatic rings. The molecular formula is C11H12ClNO. The number of benzene rings is 1. The van der Waals surface area contributed by atoms with Crippen molar-refractivity contribution in [2.75, 3.05) is 5.88 Å². The smallest absolute Gasteiger partial charge is 0.119 e. The van der Waals surface area contributed by atoms with Gasteiger partial charge in [0, 0.05) is 0 Å². The van der Waals surface area contributed by atoms with Gasteiger partial charge in [0.15, 0.2) is 0 Å². The van der Waals surface area contributed by atoms with Crippen LogP contribution in [0, 0.1) is 11.3 Å². The van der Waals surface area contributed by atoms with Crippen molar-refractivity contribution in [1.29, 1.82) is 5.26 Å². The van der Waals surface area contributed by atoms with Crippen molar-refractivity contribution in [1.82, 2.24) is 0 Å². The molecule has 3 heteroatoms. The summed E-state index contributed by atoms with van der Waals surface area (Å²) in [5.74, 6) is 1.24. The minimum absolute atomic E-state index is 0.0459. The summed E-state index contributed by atoms with van der Waals surface area (Å²) >= 11 is 5.70. The molecule has 0 N–H and O–H groups in total. The van der Waals surface area contributed by atoms with Crippen LogP contribution < -0.4 is 4.74 Å². The standard InChI is InChI=1S/C11H12ClNO/c1-2-10(7-12)14-11-5-3-9(8-13)4-6-11/h3-6,10H,2,7H2,1H3. The average molecular weight is 210 g/mol. The van der Waals surface area contributed by atoms with E-state index in [-0.39, 0.29) is 6.10 Å². The quantitative estimate of drug-likeness (QED) is 0.715. The van der Waals surface area contributed by atoms with Gasteiger partial charge < -0.3 is 4.74 Å². The zero-order valence-corrected chi connectivity index (χ0v) is 8.79. The molecule has 74 valence electrons. The molecule has 0 spiro atoms. The minimum atomic E-state index is 0.0459. The van der Waals surface area contributed by atoms with Crippen molar-refractivity contribution in [3.05, 3.63) is 29.8 Å². The summed E-state index contributed by atoms with van der Waals surface area (Å²) in [4.78, 5) is 0. The number of alkyl halides is 1. The Balaban J connectivity index is 2.64. The van der Waals surface area contributed by atoms with E-state index < -0.39 is 0 Å². The molecule has 0 bridgehead atoms. The molecule has 0 heterocycles. The van der Waals surface area contributed by atoms with E-state index in [4.69, 9.17) is 21.6 Å². The maximum absolute atomic E-state index is 8.59. The molecule has 1 atom stereocenters. The van der Waals surface area contributed by atoms with Crippen LogP contribution >= 0.6 is 11.6 Å². The van der Waals surface area contributed by atoms with Gasteiger partial charge in [-0.15, -0.1) is 11.6 Å². The Bertz CT molecular complexity index is 311. The number of nitriles is 1. The predicted molar refractivity (Wildman–Crippen MR) is 56.6 cm³/mol. The van der Waals surface area contributed by atoms with Gasteiger partial charge in [0.05, 0.1) is 17.5 Å². The number of rotatable bonds is 4. The van der Waals surface area contributed by atoms with Gasteiger partial charge in [0.1, 0.15) is 11.9 Å². The highest BCUT2D eigenvalue weighted by Crippen LogP contribution is 2.15. The third-order valence-electron chi connectivity index (χ3n) is 1.91. The van der Waals surface area contributed by atoms with Gasteiger partial charge in [-0.1, -0.05) is 6.92 Å². The van der Waals surface area contributed by atoms with E-state index in [1.54, 1.807) is 24.3 Å². The van der Waals surface area contributed by atoms with Gasteiger partial charge in [-0.05, 0) is 30.7 Å². The van der Waals surface area contributed by atoms with E-state index in [1.165, 1.54) is 0 Å². The molecule has 1 rings (SSSR count). The van der Waals surface area contributed by atoms with Crippen LogP contribution in [-0.2, 0) is 0 Å². The lowest BCUT2D eigenvalue weighted by molar-refractivity contribution is 0.220. The third-order valence-corrected chi connectivity index (χ3v) is 2.26. The molecule has 1 aromatic rings. The molecule has 14 heavy (non-hydrogen) atoms. The zero-order chi connectivity index (χ0) is 10.4. The second-order valence-corrected chi connectivity index (χ2v) is 3.25. The van der Waals surface area contributed by atoms with Crippen molar-refractivity contribution < 1.29 is 4.74 Å². The Morgan fingerprint density at radius 2 is 2.07 bits per heavy atom. The van der Waals surface area contributed by atoms with Gasteiger partial charge in [-0.2, -0.15) is 5.26 Å². The van der Waals surface area contributed by atoms with Crippen LogP contribution in [0.4, 0.5) is 0 Å². The first-order valence-corrected chi connectivity index (χ1v) is 5.06. The maximum Gasteiger partial charge on any atom is 0.119 e. The molecule has 0 radical (unpaired) electrons. The van der Waals surface area contributed by atoms with E-state index in [9.17, 15) is 0 Å². The Labute approximate surface area is 89.1 Å². The van der Waals surface area contributed by atoms with Crippen LogP contribution in [-0.4, -0.2) is 12.0 Å². The Kier molecular flexibility index (Phi) is 4.28. The highest BCUT2D eigenvalue weighted by Gasteiger charge is 2.05. The number of ether oxygens (including phenoxy) is 1. The lowest BCUT2D eigenvalue weighted by Crippen LogP contribution is -2.16. The lowest BCUT2D eigenvalue weighted by atomic mass is 10.2. The van der Waals surface area contributed by atoms with E-state index in [0.29, 0.717) is 11.4 Å². The number of halogens is 1. The van der Waals surface area contributed by atoms with Crippen molar-refractivity contribution in [2.45, 2.75) is 19.4 Å². The molecule has 0 amide bonds.